The third-order valence-electron chi connectivity index (χ3n) is 4.32. The number of rotatable bonds is 4. The molecule has 1 N–H and O–H groups in total. The van der Waals surface area contributed by atoms with Gasteiger partial charge in [-0.25, -0.2) is 9.78 Å². The number of nitrogens with zero attached hydrogens (tertiary/aromatic N) is 2. The zero-order valence-corrected chi connectivity index (χ0v) is 14.4. The van der Waals surface area contributed by atoms with Gasteiger partial charge in [0.05, 0.1) is 30.9 Å². The lowest BCUT2D eigenvalue weighted by atomic mass is 10.1. The number of hydrogen-bond acceptors (Lipinski definition) is 4. The van der Waals surface area contributed by atoms with Crippen LogP contribution in [0.2, 0.25) is 0 Å². The van der Waals surface area contributed by atoms with E-state index in [1.54, 1.807) is 23.3 Å². The number of nitrogens with one attached hydrogen (secondary N) is 1. The van der Waals surface area contributed by atoms with E-state index in [1.165, 1.54) is 11.1 Å². The molecule has 1 aliphatic carbocycles. The molecule has 1 aliphatic rings. The summed E-state index contributed by atoms with van der Waals surface area (Å²) in [5, 5.41) is 3.13. The number of aryl methyl sites for hydroxylation is 1. The Morgan fingerprint density at radius 2 is 2.35 bits per heavy atom. The van der Waals surface area contributed by atoms with Crippen molar-refractivity contribution in [2.75, 3.05) is 14.2 Å². The molecule has 3 rings (SSSR count). The Balaban J connectivity index is 1.67. The van der Waals surface area contributed by atoms with Crippen LogP contribution in [-0.4, -0.2) is 30.1 Å². The predicted octanol–water partition coefficient (Wildman–Crippen LogP) is 3.29. The summed E-state index contributed by atoms with van der Waals surface area (Å²) in [6.45, 7) is 2.55. The maximum Gasteiger partial charge on any atom is 0.317 e. The Labute approximate surface area is 140 Å². The summed E-state index contributed by atoms with van der Waals surface area (Å²) in [5.41, 5.74) is 5.18. The number of fused-ring (bicyclic) bond motifs is 1. The van der Waals surface area contributed by atoms with Crippen LogP contribution in [0.15, 0.2) is 23.7 Å². The second-order valence-electron chi connectivity index (χ2n) is 5.79. The van der Waals surface area contributed by atoms with Crippen LogP contribution in [-0.2, 0) is 13.0 Å². The number of ether oxygens (including phenoxy) is 1. The molecule has 1 heterocycles. The van der Waals surface area contributed by atoms with Gasteiger partial charge in [-0.2, -0.15) is 0 Å². The number of methoxy groups -OCH3 is 1. The fourth-order valence-electron chi connectivity index (χ4n) is 2.99. The summed E-state index contributed by atoms with van der Waals surface area (Å²) in [6.07, 6.45) is 1.84. The van der Waals surface area contributed by atoms with Crippen molar-refractivity contribution < 1.29 is 9.53 Å². The first kappa shape index (κ1) is 15.8. The molecule has 0 bridgehead atoms. The monoisotopic (exact) mass is 331 g/mol. The van der Waals surface area contributed by atoms with Gasteiger partial charge in [-0.15, -0.1) is 11.3 Å². The lowest BCUT2D eigenvalue weighted by molar-refractivity contribution is 0.203. The number of thiazole rings is 1. The van der Waals surface area contributed by atoms with E-state index < -0.39 is 0 Å². The van der Waals surface area contributed by atoms with E-state index >= 15 is 0 Å². The summed E-state index contributed by atoms with van der Waals surface area (Å²) in [6, 6.07) is 6.02. The van der Waals surface area contributed by atoms with E-state index in [-0.39, 0.29) is 12.1 Å². The Kier molecular flexibility index (Phi) is 4.52. The number of benzene rings is 1. The van der Waals surface area contributed by atoms with Gasteiger partial charge in [-0.05, 0) is 37.0 Å². The van der Waals surface area contributed by atoms with Crippen molar-refractivity contribution in [1.29, 1.82) is 0 Å². The molecule has 2 amide bonds. The van der Waals surface area contributed by atoms with E-state index in [9.17, 15) is 4.79 Å². The van der Waals surface area contributed by atoms with Crippen molar-refractivity contribution in [2.45, 2.75) is 32.4 Å². The summed E-state index contributed by atoms with van der Waals surface area (Å²) in [4.78, 5) is 19.5. The van der Waals surface area contributed by atoms with Crippen LogP contribution in [0.1, 0.15) is 34.2 Å². The molecule has 6 heteroatoms. The van der Waals surface area contributed by atoms with Crippen molar-refractivity contribution >= 4 is 17.4 Å². The van der Waals surface area contributed by atoms with Crippen LogP contribution in [0.3, 0.4) is 0 Å². The second-order valence-corrected chi connectivity index (χ2v) is 6.73. The topological polar surface area (TPSA) is 54.5 Å². The summed E-state index contributed by atoms with van der Waals surface area (Å²) < 4.78 is 5.41. The Hall–Kier alpha value is -2.08. The lowest BCUT2D eigenvalue weighted by Crippen LogP contribution is -2.38. The highest BCUT2D eigenvalue weighted by Crippen LogP contribution is 2.36. The van der Waals surface area contributed by atoms with Crippen molar-refractivity contribution in [3.63, 3.8) is 0 Å². The van der Waals surface area contributed by atoms with Crippen LogP contribution >= 0.6 is 11.3 Å². The zero-order valence-electron chi connectivity index (χ0n) is 13.6. The Bertz CT molecular complexity index is 714. The van der Waals surface area contributed by atoms with Gasteiger partial charge in [-0.1, -0.05) is 12.1 Å². The molecule has 1 aromatic carbocycles. The summed E-state index contributed by atoms with van der Waals surface area (Å²) in [7, 11) is 3.50. The molecule has 0 saturated carbocycles. The van der Waals surface area contributed by atoms with Crippen molar-refractivity contribution in [1.82, 2.24) is 15.2 Å². The molecular formula is C17H21N3O2S. The molecule has 23 heavy (non-hydrogen) atoms. The van der Waals surface area contributed by atoms with Crippen LogP contribution in [0, 0.1) is 6.92 Å². The molecule has 0 spiro atoms. The van der Waals surface area contributed by atoms with E-state index in [0.29, 0.717) is 6.54 Å². The average molecular weight is 331 g/mol. The maximum absolute atomic E-state index is 12.5. The van der Waals surface area contributed by atoms with Crippen LogP contribution in [0.4, 0.5) is 4.79 Å². The fraction of sp³-hybridized carbons (Fsp3) is 0.412. The smallest absolute Gasteiger partial charge is 0.317 e. The molecule has 122 valence electrons. The van der Waals surface area contributed by atoms with Gasteiger partial charge < -0.3 is 15.0 Å². The third-order valence-corrected chi connectivity index (χ3v) is 5.24. The molecule has 2 aromatic rings. The van der Waals surface area contributed by atoms with Gasteiger partial charge in [0.25, 0.3) is 0 Å². The van der Waals surface area contributed by atoms with Crippen molar-refractivity contribution in [3.05, 3.63) is 45.4 Å². The molecule has 0 fully saturated rings. The van der Waals surface area contributed by atoms with E-state index in [1.807, 2.05) is 31.6 Å². The Morgan fingerprint density at radius 3 is 3.04 bits per heavy atom. The number of amides is 2. The van der Waals surface area contributed by atoms with Gasteiger partial charge in [0, 0.05) is 11.9 Å². The molecule has 5 nitrogen and oxygen atoms in total. The van der Waals surface area contributed by atoms with Crippen LogP contribution < -0.4 is 10.1 Å². The average Bonchev–Trinajstić information content (AvgIpc) is 3.14. The third kappa shape index (κ3) is 3.17. The Morgan fingerprint density at radius 1 is 1.52 bits per heavy atom. The highest BCUT2D eigenvalue weighted by Gasteiger charge is 2.27. The molecule has 0 saturated heterocycles. The largest absolute Gasteiger partial charge is 0.496 e. The summed E-state index contributed by atoms with van der Waals surface area (Å²) >= 11 is 1.58. The molecule has 1 atom stereocenters. The van der Waals surface area contributed by atoms with Gasteiger partial charge >= 0.3 is 6.03 Å². The maximum atomic E-state index is 12.5. The number of carbonyl (C=O) groups excluding carboxylic acids is 1. The first-order valence-corrected chi connectivity index (χ1v) is 8.54. The zero-order chi connectivity index (χ0) is 16.4. The molecule has 0 radical (unpaired) electrons. The van der Waals surface area contributed by atoms with Gasteiger partial charge in [-0.3, -0.25) is 0 Å². The molecule has 1 aromatic heterocycles. The van der Waals surface area contributed by atoms with Gasteiger partial charge in [0.2, 0.25) is 0 Å². The first-order chi connectivity index (χ1) is 11.1. The SMILES string of the molecule is COc1cccc2c1CCC2NC(=O)N(C)Cc1scnc1C. The number of aromatic nitrogens is 1. The minimum Gasteiger partial charge on any atom is -0.496 e. The summed E-state index contributed by atoms with van der Waals surface area (Å²) in [5.74, 6) is 0.910. The lowest BCUT2D eigenvalue weighted by Gasteiger charge is -2.21. The van der Waals surface area contributed by atoms with Crippen LogP contribution in [0.5, 0.6) is 5.75 Å². The van der Waals surface area contributed by atoms with Crippen LogP contribution in [0.25, 0.3) is 0 Å². The molecule has 0 aliphatic heterocycles. The second kappa shape index (κ2) is 6.58. The highest BCUT2D eigenvalue weighted by molar-refractivity contribution is 7.09. The van der Waals surface area contributed by atoms with Crippen molar-refractivity contribution in [3.8, 4) is 5.75 Å². The standard InChI is InChI=1S/C17H21N3O2S/c1-11-16(23-10-18-11)9-20(2)17(21)19-14-8-7-13-12(14)5-4-6-15(13)22-3/h4-6,10,14H,7-9H2,1-3H3,(H,19,21). The fourth-order valence-corrected chi connectivity index (χ4v) is 3.82. The number of carbonyl (C=O) groups is 1. The molecular weight excluding hydrogens is 310 g/mol. The minimum absolute atomic E-state index is 0.0533. The molecule has 1 unspecified atom stereocenters. The predicted molar refractivity (Wildman–Crippen MR) is 90.9 cm³/mol. The first-order valence-electron chi connectivity index (χ1n) is 7.66. The van der Waals surface area contributed by atoms with Gasteiger partial charge in [0.15, 0.2) is 0 Å². The minimum atomic E-state index is -0.0570. The van der Waals surface area contributed by atoms with E-state index in [0.717, 1.165) is 29.2 Å². The van der Waals surface area contributed by atoms with Crippen molar-refractivity contribution in [2.24, 2.45) is 0 Å². The normalized spacial score (nSPS) is 16.0. The van der Waals surface area contributed by atoms with E-state index in [2.05, 4.69) is 16.4 Å². The number of urea groups is 1. The quantitative estimate of drug-likeness (QED) is 0.935. The highest BCUT2D eigenvalue weighted by atomic mass is 32.1. The number of hydrogen-bond donors (Lipinski definition) is 1. The van der Waals surface area contributed by atoms with E-state index in [4.69, 9.17) is 4.74 Å². The van der Waals surface area contributed by atoms with Gasteiger partial charge in [0.1, 0.15) is 5.75 Å².